The summed E-state index contributed by atoms with van der Waals surface area (Å²) in [5.41, 5.74) is 3.63. The van der Waals surface area contributed by atoms with Crippen LogP contribution >= 0.6 is 0 Å². The number of aromatic nitrogens is 1. The van der Waals surface area contributed by atoms with Crippen molar-refractivity contribution in [3.63, 3.8) is 0 Å². The van der Waals surface area contributed by atoms with Gasteiger partial charge in [-0.2, -0.15) is 0 Å². The van der Waals surface area contributed by atoms with Gasteiger partial charge in [0.2, 0.25) is 0 Å². The molecular formula is C29H16IrNO-. The van der Waals surface area contributed by atoms with Crippen LogP contribution in [0.1, 0.15) is 0 Å². The molecule has 0 saturated carbocycles. The molecule has 0 spiro atoms. The quantitative estimate of drug-likeness (QED) is 0.144. The number of furan rings is 1. The molecule has 2 aromatic heterocycles. The van der Waals surface area contributed by atoms with E-state index in [-0.39, 0.29) is 20.1 Å². The zero-order chi connectivity index (χ0) is 20.4. The Bertz CT molecular complexity index is 1780. The Morgan fingerprint density at radius 1 is 0.562 bits per heavy atom. The molecule has 2 nitrogen and oxygen atoms in total. The van der Waals surface area contributed by atoms with Gasteiger partial charge >= 0.3 is 0 Å². The molecule has 0 atom stereocenters. The number of hydrogen-bond acceptors (Lipinski definition) is 2. The summed E-state index contributed by atoms with van der Waals surface area (Å²) in [4.78, 5) is 4.48. The Labute approximate surface area is 197 Å². The van der Waals surface area contributed by atoms with E-state index in [4.69, 9.17) is 4.42 Å². The molecule has 7 aromatic rings. The molecule has 3 heteroatoms. The zero-order valence-electron chi connectivity index (χ0n) is 16.9. The van der Waals surface area contributed by atoms with Crippen LogP contribution in [0, 0.1) is 6.07 Å². The number of benzene rings is 5. The maximum atomic E-state index is 6.26. The van der Waals surface area contributed by atoms with Crippen molar-refractivity contribution >= 4 is 54.3 Å². The minimum absolute atomic E-state index is 0. The normalized spacial score (nSPS) is 11.5. The van der Waals surface area contributed by atoms with Crippen LogP contribution in [-0.2, 0) is 20.1 Å². The van der Waals surface area contributed by atoms with E-state index in [0.717, 1.165) is 33.2 Å². The fraction of sp³-hybridized carbons (Fsp3) is 0. The van der Waals surface area contributed by atoms with Crippen molar-refractivity contribution in [1.29, 1.82) is 0 Å². The van der Waals surface area contributed by atoms with E-state index in [1.807, 2.05) is 30.5 Å². The van der Waals surface area contributed by atoms with E-state index in [9.17, 15) is 0 Å². The second-order valence-electron chi connectivity index (χ2n) is 7.93. The van der Waals surface area contributed by atoms with Crippen LogP contribution in [0.25, 0.3) is 65.5 Å². The number of pyridine rings is 1. The molecule has 1 radical (unpaired) electrons. The molecule has 0 fully saturated rings. The fourth-order valence-electron chi connectivity index (χ4n) is 4.79. The van der Waals surface area contributed by atoms with Crippen LogP contribution in [0.5, 0.6) is 0 Å². The summed E-state index contributed by atoms with van der Waals surface area (Å²) >= 11 is 0. The van der Waals surface area contributed by atoms with Crippen LogP contribution in [0.2, 0.25) is 0 Å². The number of fused-ring (bicyclic) bond motifs is 9. The van der Waals surface area contributed by atoms with Gasteiger partial charge in [0, 0.05) is 31.7 Å². The standard InChI is InChI=1S/C29H16NO.Ir/c1-3-9-21-19(7-1)20-8-2-4-10-22(20)24-17-29-26(16-23(21)24)25-15-18(12-13-28(25)31-29)27-11-5-6-14-30-27;/h1-11,13-17H;/q-1;. The summed E-state index contributed by atoms with van der Waals surface area (Å²) in [6.45, 7) is 0. The van der Waals surface area contributed by atoms with Crippen molar-refractivity contribution in [2.45, 2.75) is 0 Å². The van der Waals surface area contributed by atoms with Gasteiger partial charge in [-0.25, -0.2) is 0 Å². The third-order valence-electron chi connectivity index (χ3n) is 6.21. The predicted molar refractivity (Wildman–Crippen MR) is 128 cm³/mol. The average Bonchev–Trinajstić information content (AvgIpc) is 3.20. The van der Waals surface area contributed by atoms with Crippen molar-refractivity contribution in [3.8, 4) is 11.3 Å². The first-order chi connectivity index (χ1) is 15.4. The Hall–Kier alpha value is -3.52. The first kappa shape index (κ1) is 19.2. The van der Waals surface area contributed by atoms with E-state index in [1.54, 1.807) is 0 Å². The van der Waals surface area contributed by atoms with Crippen LogP contribution in [0.3, 0.4) is 0 Å². The molecule has 0 amide bonds. The molecule has 0 bridgehead atoms. The van der Waals surface area contributed by atoms with Gasteiger partial charge in [0.25, 0.3) is 0 Å². The molecular weight excluding hydrogens is 571 g/mol. The molecule has 5 aromatic carbocycles. The second-order valence-corrected chi connectivity index (χ2v) is 7.93. The molecule has 0 N–H and O–H groups in total. The third kappa shape index (κ3) is 2.72. The van der Waals surface area contributed by atoms with E-state index >= 15 is 0 Å². The largest absolute Gasteiger partial charge is 0.500 e. The van der Waals surface area contributed by atoms with Crippen LogP contribution < -0.4 is 0 Å². The van der Waals surface area contributed by atoms with Crippen LogP contribution in [0.4, 0.5) is 0 Å². The molecule has 0 unspecified atom stereocenters. The smallest absolute Gasteiger partial charge is 0.121 e. The summed E-state index contributed by atoms with van der Waals surface area (Å²) in [5, 5.41) is 9.74. The second kappa shape index (κ2) is 7.27. The van der Waals surface area contributed by atoms with Gasteiger partial charge < -0.3 is 9.40 Å². The van der Waals surface area contributed by atoms with Crippen molar-refractivity contribution in [1.82, 2.24) is 4.98 Å². The van der Waals surface area contributed by atoms with Gasteiger partial charge in [-0.3, -0.25) is 0 Å². The number of nitrogens with zero attached hydrogens (tertiary/aromatic N) is 1. The van der Waals surface area contributed by atoms with Crippen molar-refractivity contribution in [3.05, 3.63) is 103 Å². The van der Waals surface area contributed by atoms with E-state index in [2.05, 4.69) is 77.8 Å². The molecule has 0 aliphatic heterocycles. The maximum absolute atomic E-state index is 6.26. The van der Waals surface area contributed by atoms with E-state index in [0.29, 0.717) is 0 Å². The summed E-state index contributed by atoms with van der Waals surface area (Å²) in [7, 11) is 0. The maximum Gasteiger partial charge on any atom is 0.121 e. The minimum atomic E-state index is 0. The molecule has 0 saturated heterocycles. The molecule has 32 heavy (non-hydrogen) atoms. The first-order valence-corrected chi connectivity index (χ1v) is 10.4. The minimum Gasteiger partial charge on any atom is -0.500 e. The average molecular weight is 587 g/mol. The van der Waals surface area contributed by atoms with Gasteiger partial charge in [-0.15, -0.1) is 23.8 Å². The Morgan fingerprint density at radius 2 is 1.16 bits per heavy atom. The zero-order valence-corrected chi connectivity index (χ0v) is 19.3. The van der Waals surface area contributed by atoms with E-state index < -0.39 is 0 Å². The topological polar surface area (TPSA) is 26.0 Å². The number of rotatable bonds is 1. The van der Waals surface area contributed by atoms with Gasteiger partial charge in [-0.1, -0.05) is 66.0 Å². The van der Waals surface area contributed by atoms with Crippen molar-refractivity contribution in [2.75, 3.05) is 0 Å². The monoisotopic (exact) mass is 587 g/mol. The fourth-order valence-corrected chi connectivity index (χ4v) is 4.79. The summed E-state index contributed by atoms with van der Waals surface area (Å²) < 4.78 is 6.26. The van der Waals surface area contributed by atoms with E-state index in [1.165, 1.54) is 32.3 Å². The predicted octanol–water partition coefficient (Wildman–Crippen LogP) is 7.91. The Kier molecular flexibility index (Phi) is 4.36. The van der Waals surface area contributed by atoms with Crippen molar-refractivity contribution in [2.24, 2.45) is 0 Å². The SMILES string of the molecule is [Ir].[c-]1cc2oc3cc4c5ccccc5c5ccccc5c4cc3c2cc1-c1ccccn1. The van der Waals surface area contributed by atoms with Gasteiger partial charge in [0.15, 0.2) is 0 Å². The van der Waals surface area contributed by atoms with Crippen molar-refractivity contribution < 1.29 is 24.5 Å². The number of hydrogen-bond donors (Lipinski definition) is 0. The molecule has 7 rings (SSSR count). The van der Waals surface area contributed by atoms with Gasteiger partial charge in [0.05, 0.1) is 5.58 Å². The van der Waals surface area contributed by atoms with Gasteiger partial charge in [-0.05, 0) is 56.2 Å². The molecule has 0 aliphatic carbocycles. The van der Waals surface area contributed by atoms with Crippen LogP contribution in [-0.4, -0.2) is 4.98 Å². The molecule has 0 aliphatic rings. The third-order valence-corrected chi connectivity index (χ3v) is 6.21. The first-order valence-electron chi connectivity index (χ1n) is 10.4. The van der Waals surface area contributed by atoms with Gasteiger partial charge in [0.1, 0.15) is 5.58 Å². The van der Waals surface area contributed by atoms with Crippen LogP contribution in [0.15, 0.2) is 102 Å². The Morgan fingerprint density at radius 3 is 1.81 bits per heavy atom. The summed E-state index contributed by atoms with van der Waals surface area (Å²) in [5.74, 6) is 0. The summed E-state index contributed by atoms with van der Waals surface area (Å²) in [6, 6.07) is 35.1. The molecule has 153 valence electrons. The molecule has 2 heterocycles. The summed E-state index contributed by atoms with van der Waals surface area (Å²) in [6.07, 6.45) is 1.81. The Balaban J connectivity index is 0.00000196.